The van der Waals surface area contributed by atoms with Crippen LogP contribution in [0.4, 0.5) is 0 Å². The number of aliphatic hydroxyl groups excluding tert-OH is 1. The number of fused-ring (bicyclic) bond motifs is 1. The van der Waals surface area contributed by atoms with E-state index in [1.54, 1.807) is 6.07 Å². The van der Waals surface area contributed by atoms with Crippen molar-refractivity contribution in [2.45, 2.75) is 13.5 Å². The Morgan fingerprint density at radius 1 is 1.38 bits per heavy atom. The summed E-state index contributed by atoms with van der Waals surface area (Å²) in [5.74, 6) is 0.570. The fourth-order valence-electron chi connectivity index (χ4n) is 1.41. The van der Waals surface area contributed by atoms with Gasteiger partial charge in [0.05, 0.1) is 0 Å². The van der Waals surface area contributed by atoms with Crippen molar-refractivity contribution in [1.29, 1.82) is 0 Å². The average molecular weight is 197 g/mol. The smallest absolute Gasteiger partial charge is 0.137 e. The molecule has 2 rings (SSSR count). The number of hydrogen-bond acceptors (Lipinski definition) is 2. The summed E-state index contributed by atoms with van der Waals surface area (Å²) >= 11 is 5.87. The molecule has 0 unspecified atom stereocenters. The Kier molecular flexibility index (Phi) is 2.02. The second-order valence-corrected chi connectivity index (χ2v) is 3.45. The zero-order valence-electron chi connectivity index (χ0n) is 7.17. The van der Waals surface area contributed by atoms with Crippen molar-refractivity contribution >= 4 is 22.6 Å². The van der Waals surface area contributed by atoms with Crippen molar-refractivity contribution in [3.05, 3.63) is 34.5 Å². The van der Waals surface area contributed by atoms with Crippen LogP contribution in [0.25, 0.3) is 11.0 Å². The van der Waals surface area contributed by atoms with Crippen molar-refractivity contribution in [1.82, 2.24) is 0 Å². The minimum Gasteiger partial charge on any atom is -0.458 e. The molecule has 68 valence electrons. The molecule has 0 spiro atoms. The lowest BCUT2D eigenvalue weighted by Gasteiger charge is -1.94. The molecule has 2 aromatic rings. The number of aliphatic hydroxyl groups is 1. The second-order valence-electron chi connectivity index (χ2n) is 3.01. The molecule has 0 aliphatic rings. The van der Waals surface area contributed by atoms with Crippen LogP contribution in [0.1, 0.15) is 11.3 Å². The Morgan fingerprint density at radius 2 is 2.15 bits per heavy atom. The first-order valence-electron chi connectivity index (χ1n) is 4.00. The molecule has 1 aromatic heterocycles. The number of benzene rings is 1. The number of halogens is 1. The summed E-state index contributed by atoms with van der Waals surface area (Å²) < 4.78 is 5.39. The van der Waals surface area contributed by atoms with E-state index in [4.69, 9.17) is 21.1 Å². The van der Waals surface area contributed by atoms with Crippen molar-refractivity contribution in [3.8, 4) is 0 Å². The van der Waals surface area contributed by atoms with Crippen LogP contribution in [0, 0.1) is 6.92 Å². The predicted octanol–water partition coefficient (Wildman–Crippen LogP) is 2.89. The molecule has 0 atom stereocenters. The van der Waals surface area contributed by atoms with E-state index in [0.717, 1.165) is 16.5 Å². The molecule has 0 radical (unpaired) electrons. The highest BCUT2D eigenvalue weighted by Crippen LogP contribution is 2.26. The van der Waals surface area contributed by atoms with Crippen LogP contribution in [-0.4, -0.2) is 5.11 Å². The fraction of sp³-hybridized carbons (Fsp3) is 0.200. The molecule has 13 heavy (non-hydrogen) atoms. The van der Waals surface area contributed by atoms with Gasteiger partial charge >= 0.3 is 0 Å². The summed E-state index contributed by atoms with van der Waals surface area (Å²) in [5.41, 5.74) is 1.79. The minimum atomic E-state index is -0.0776. The lowest BCUT2D eigenvalue weighted by atomic mass is 10.2. The van der Waals surface area contributed by atoms with Crippen LogP contribution in [0.15, 0.2) is 22.6 Å². The SMILES string of the molecule is Cc1cc(Cl)cc2cc(CO)oc12. The van der Waals surface area contributed by atoms with Crippen LogP contribution in [0.5, 0.6) is 0 Å². The lowest BCUT2D eigenvalue weighted by Crippen LogP contribution is -1.73. The first-order chi connectivity index (χ1) is 6.20. The van der Waals surface area contributed by atoms with Gasteiger partial charge in [0.1, 0.15) is 18.0 Å². The molecule has 0 amide bonds. The molecule has 1 aromatic carbocycles. The zero-order chi connectivity index (χ0) is 9.42. The van der Waals surface area contributed by atoms with Crippen molar-refractivity contribution < 1.29 is 9.52 Å². The molecular weight excluding hydrogens is 188 g/mol. The quantitative estimate of drug-likeness (QED) is 0.761. The van der Waals surface area contributed by atoms with E-state index in [1.807, 2.05) is 19.1 Å². The molecule has 0 bridgehead atoms. The summed E-state index contributed by atoms with van der Waals surface area (Å²) in [6, 6.07) is 5.47. The van der Waals surface area contributed by atoms with Crippen molar-refractivity contribution in [2.75, 3.05) is 0 Å². The Bertz CT molecular complexity index is 445. The van der Waals surface area contributed by atoms with Gasteiger partial charge in [0, 0.05) is 10.4 Å². The van der Waals surface area contributed by atoms with Gasteiger partial charge in [0.2, 0.25) is 0 Å². The van der Waals surface area contributed by atoms with E-state index in [0.29, 0.717) is 10.8 Å². The predicted molar refractivity (Wildman–Crippen MR) is 51.9 cm³/mol. The van der Waals surface area contributed by atoms with Gasteiger partial charge in [-0.25, -0.2) is 0 Å². The summed E-state index contributed by atoms with van der Waals surface area (Å²) in [6.07, 6.45) is 0. The third-order valence-electron chi connectivity index (χ3n) is 1.97. The van der Waals surface area contributed by atoms with Crippen molar-refractivity contribution in [3.63, 3.8) is 0 Å². The van der Waals surface area contributed by atoms with Crippen molar-refractivity contribution in [2.24, 2.45) is 0 Å². The number of rotatable bonds is 1. The van der Waals surface area contributed by atoms with Gasteiger partial charge in [-0.05, 0) is 30.7 Å². The number of furan rings is 1. The summed E-state index contributed by atoms with van der Waals surface area (Å²) in [7, 11) is 0. The number of hydrogen-bond donors (Lipinski definition) is 1. The molecule has 0 saturated heterocycles. The van der Waals surface area contributed by atoms with Crippen LogP contribution in [0.3, 0.4) is 0 Å². The molecule has 0 saturated carbocycles. The standard InChI is InChI=1S/C10H9ClO2/c1-6-2-8(11)3-7-4-9(5-12)13-10(6)7/h2-4,12H,5H2,1H3. The topological polar surface area (TPSA) is 33.4 Å². The largest absolute Gasteiger partial charge is 0.458 e. The van der Waals surface area contributed by atoms with Gasteiger partial charge in [-0.15, -0.1) is 0 Å². The third-order valence-corrected chi connectivity index (χ3v) is 2.19. The molecule has 0 aliphatic carbocycles. The molecule has 3 heteroatoms. The highest BCUT2D eigenvalue weighted by atomic mass is 35.5. The van der Waals surface area contributed by atoms with E-state index in [1.165, 1.54) is 0 Å². The fourth-order valence-corrected chi connectivity index (χ4v) is 1.70. The monoisotopic (exact) mass is 196 g/mol. The highest BCUT2D eigenvalue weighted by molar-refractivity contribution is 6.31. The molecule has 2 nitrogen and oxygen atoms in total. The molecule has 1 N–H and O–H groups in total. The van der Waals surface area contributed by atoms with Crippen LogP contribution >= 0.6 is 11.6 Å². The summed E-state index contributed by atoms with van der Waals surface area (Å²) in [4.78, 5) is 0. The van der Waals surface area contributed by atoms with E-state index >= 15 is 0 Å². The first-order valence-corrected chi connectivity index (χ1v) is 4.38. The van der Waals surface area contributed by atoms with Gasteiger partial charge < -0.3 is 9.52 Å². The molecular formula is C10H9ClO2. The zero-order valence-corrected chi connectivity index (χ0v) is 7.93. The van der Waals surface area contributed by atoms with E-state index < -0.39 is 0 Å². The van der Waals surface area contributed by atoms with Gasteiger partial charge in [-0.2, -0.15) is 0 Å². The average Bonchev–Trinajstić information content (AvgIpc) is 2.47. The Labute approximate surface area is 80.7 Å². The number of aryl methyl sites for hydroxylation is 1. The minimum absolute atomic E-state index is 0.0776. The van der Waals surface area contributed by atoms with Crippen LogP contribution in [-0.2, 0) is 6.61 Å². The first kappa shape index (κ1) is 8.60. The lowest BCUT2D eigenvalue weighted by molar-refractivity contribution is 0.251. The van der Waals surface area contributed by atoms with E-state index in [2.05, 4.69) is 0 Å². The molecule has 1 heterocycles. The Morgan fingerprint density at radius 3 is 2.85 bits per heavy atom. The Hall–Kier alpha value is -0.990. The second kappa shape index (κ2) is 3.05. The summed E-state index contributed by atoms with van der Waals surface area (Å²) in [6.45, 7) is 1.85. The Balaban J connectivity index is 2.75. The normalized spacial score (nSPS) is 11.0. The summed E-state index contributed by atoms with van der Waals surface area (Å²) in [5, 5.41) is 10.5. The molecule has 0 aliphatic heterocycles. The van der Waals surface area contributed by atoms with E-state index in [-0.39, 0.29) is 6.61 Å². The van der Waals surface area contributed by atoms with Gasteiger partial charge in [0.15, 0.2) is 0 Å². The van der Waals surface area contributed by atoms with Gasteiger partial charge in [-0.3, -0.25) is 0 Å². The van der Waals surface area contributed by atoms with Crippen LogP contribution in [0.2, 0.25) is 5.02 Å². The molecule has 0 fully saturated rings. The maximum atomic E-state index is 8.87. The highest BCUT2D eigenvalue weighted by Gasteiger charge is 2.06. The maximum absolute atomic E-state index is 8.87. The third kappa shape index (κ3) is 1.43. The van der Waals surface area contributed by atoms with E-state index in [9.17, 15) is 0 Å². The van der Waals surface area contributed by atoms with Gasteiger partial charge in [0.25, 0.3) is 0 Å². The maximum Gasteiger partial charge on any atom is 0.137 e. The van der Waals surface area contributed by atoms with Crippen LogP contribution < -0.4 is 0 Å². The van der Waals surface area contributed by atoms with Gasteiger partial charge in [-0.1, -0.05) is 11.6 Å².